The maximum absolute atomic E-state index is 5.72. The molecule has 0 unspecified atom stereocenters. The summed E-state index contributed by atoms with van der Waals surface area (Å²) in [7, 11) is 0. The van der Waals surface area contributed by atoms with Crippen molar-refractivity contribution in [2.75, 3.05) is 5.73 Å². The van der Waals surface area contributed by atoms with E-state index < -0.39 is 0 Å². The highest BCUT2D eigenvalue weighted by atomic mass is 16.4. The molecule has 0 aromatic carbocycles. The highest BCUT2D eigenvalue weighted by Crippen LogP contribution is 2.60. The van der Waals surface area contributed by atoms with Gasteiger partial charge >= 0.3 is 0 Å². The van der Waals surface area contributed by atoms with Gasteiger partial charge in [-0.2, -0.15) is 4.98 Å². The Morgan fingerprint density at radius 3 is 2.06 bits per heavy atom. The maximum Gasteiger partial charge on any atom is 0.292 e. The van der Waals surface area contributed by atoms with Gasteiger partial charge in [0.1, 0.15) is 5.76 Å². The Hall–Kier alpha value is -0.990. The minimum Gasteiger partial charge on any atom is -0.429 e. The fourth-order valence-corrected chi connectivity index (χ4v) is 5.31. The number of aromatic nitrogens is 1. The van der Waals surface area contributed by atoms with Crippen molar-refractivity contribution in [1.82, 2.24) is 4.98 Å². The number of hydrogen-bond acceptors (Lipinski definition) is 3. The first-order chi connectivity index (χ1) is 8.14. The fraction of sp³-hybridized carbons (Fsp3) is 0.786. The number of nitrogen functional groups attached to an aromatic ring is 1. The predicted molar refractivity (Wildman–Crippen MR) is 65.5 cm³/mol. The molecule has 0 atom stereocenters. The second-order valence-electron chi connectivity index (χ2n) is 6.65. The largest absolute Gasteiger partial charge is 0.429 e. The molecule has 17 heavy (non-hydrogen) atoms. The lowest BCUT2D eigenvalue weighted by atomic mass is 9.48. The first-order valence-corrected chi connectivity index (χ1v) is 6.88. The maximum atomic E-state index is 5.72. The van der Waals surface area contributed by atoms with Gasteiger partial charge in [-0.3, -0.25) is 0 Å². The van der Waals surface area contributed by atoms with Gasteiger partial charge in [0, 0.05) is 5.41 Å². The summed E-state index contributed by atoms with van der Waals surface area (Å²) in [6, 6.07) is 0.355. The monoisotopic (exact) mass is 232 g/mol. The molecule has 5 rings (SSSR count). The van der Waals surface area contributed by atoms with Crippen LogP contribution in [0.5, 0.6) is 0 Å². The van der Waals surface area contributed by atoms with Crippen LogP contribution in [0.3, 0.4) is 0 Å². The van der Waals surface area contributed by atoms with E-state index in [4.69, 9.17) is 10.2 Å². The van der Waals surface area contributed by atoms with E-state index in [9.17, 15) is 0 Å². The average molecular weight is 232 g/mol. The summed E-state index contributed by atoms with van der Waals surface area (Å²) >= 11 is 0. The van der Waals surface area contributed by atoms with E-state index in [1.54, 1.807) is 0 Å². The summed E-state index contributed by atoms with van der Waals surface area (Å²) in [4.78, 5) is 4.51. The summed E-state index contributed by atoms with van der Waals surface area (Å²) in [5.41, 5.74) is 7.23. The second-order valence-corrected chi connectivity index (χ2v) is 6.65. The molecule has 1 aromatic heterocycles. The molecule has 1 aromatic rings. The van der Waals surface area contributed by atoms with E-state index in [0.29, 0.717) is 11.4 Å². The molecule has 0 radical (unpaired) electrons. The zero-order valence-electron chi connectivity index (χ0n) is 10.4. The van der Waals surface area contributed by atoms with Crippen molar-refractivity contribution in [3.63, 3.8) is 0 Å². The highest BCUT2D eigenvalue weighted by Gasteiger charge is 2.53. The molecule has 3 heteroatoms. The molecular weight excluding hydrogens is 212 g/mol. The zero-order chi connectivity index (χ0) is 11.6. The molecule has 92 valence electrons. The number of aryl methyl sites for hydroxylation is 1. The molecule has 4 saturated carbocycles. The minimum atomic E-state index is 0.319. The van der Waals surface area contributed by atoms with Crippen molar-refractivity contribution < 1.29 is 4.42 Å². The second kappa shape index (κ2) is 3.06. The van der Waals surface area contributed by atoms with Gasteiger partial charge in [-0.05, 0) is 63.2 Å². The minimum absolute atomic E-state index is 0.319. The molecule has 4 bridgehead atoms. The van der Waals surface area contributed by atoms with Gasteiger partial charge in [-0.15, -0.1) is 0 Å². The van der Waals surface area contributed by atoms with E-state index in [1.807, 2.05) is 6.92 Å². The topological polar surface area (TPSA) is 52.0 Å². The molecule has 0 amide bonds. The summed E-state index contributed by atoms with van der Waals surface area (Å²) < 4.78 is 5.47. The lowest BCUT2D eigenvalue weighted by Gasteiger charge is -2.56. The molecule has 4 fully saturated rings. The standard InChI is InChI=1S/C14H20N2O/c1-8-12(16-13(15)17-8)14-5-9-2-10(6-14)4-11(3-9)7-14/h9-11H,2-7H2,1H3,(H2,15,16). The molecule has 4 aliphatic rings. The van der Waals surface area contributed by atoms with Crippen LogP contribution in [-0.2, 0) is 5.41 Å². The van der Waals surface area contributed by atoms with E-state index in [-0.39, 0.29) is 0 Å². The fourth-order valence-electron chi connectivity index (χ4n) is 5.31. The van der Waals surface area contributed by atoms with Crippen molar-refractivity contribution in [2.24, 2.45) is 17.8 Å². The summed E-state index contributed by atoms with van der Waals surface area (Å²) in [6.07, 6.45) is 8.37. The van der Waals surface area contributed by atoms with Crippen LogP contribution in [0.2, 0.25) is 0 Å². The molecule has 2 N–H and O–H groups in total. The number of anilines is 1. The number of nitrogens with zero attached hydrogens (tertiary/aromatic N) is 1. The van der Waals surface area contributed by atoms with Gasteiger partial charge in [0.05, 0.1) is 5.69 Å². The normalized spacial score (nSPS) is 43.2. The van der Waals surface area contributed by atoms with Gasteiger partial charge in [0.15, 0.2) is 0 Å². The Balaban J connectivity index is 1.79. The predicted octanol–water partition coefficient (Wildman–Crippen LogP) is 3.03. The van der Waals surface area contributed by atoms with Gasteiger partial charge in [0.2, 0.25) is 0 Å². The van der Waals surface area contributed by atoms with E-state index in [2.05, 4.69) is 4.98 Å². The van der Waals surface area contributed by atoms with Crippen LogP contribution < -0.4 is 5.73 Å². The van der Waals surface area contributed by atoms with E-state index in [1.165, 1.54) is 44.2 Å². The Kier molecular flexibility index (Phi) is 1.80. The Morgan fingerprint density at radius 2 is 1.65 bits per heavy atom. The van der Waals surface area contributed by atoms with Crippen LogP contribution in [0.4, 0.5) is 6.01 Å². The smallest absolute Gasteiger partial charge is 0.292 e. The van der Waals surface area contributed by atoms with Crippen molar-refractivity contribution in [3.8, 4) is 0 Å². The highest BCUT2D eigenvalue weighted by molar-refractivity contribution is 5.30. The van der Waals surface area contributed by atoms with Crippen LogP contribution in [0.1, 0.15) is 50.0 Å². The molecule has 3 nitrogen and oxygen atoms in total. The van der Waals surface area contributed by atoms with Crippen LogP contribution in [-0.4, -0.2) is 4.98 Å². The van der Waals surface area contributed by atoms with Crippen molar-refractivity contribution in [1.29, 1.82) is 0 Å². The number of hydrogen-bond donors (Lipinski definition) is 1. The third-order valence-corrected chi connectivity index (χ3v) is 5.35. The number of oxazole rings is 1. The van der Waals surface area contributed by atoms with E-state index in [0.717, 1.165) is 23.5 Å². The summed E-state index contributed by atoms with van der Waals surface area (Å²) in [5, 5.41) is 0. The Bertz CT molecular complexity index is 428. The molecule has 4 aliphatic carbocycles. The molecular formula is C14H20N2O. The Labute approximate surface area is 102 Å². The van der Waals surface area contributed by atoms with Crippen molar-refractivity contribution in [3.05, 3.63) is 11.5 Å². The van der Waals surface area contributed by atoms with Crippen LogP contribution >= 0.6 is 0 Å². The third-order valence-electron chi connectivity index (χ3n) is 5.35. The van der Waals surface area contributed by atoms with Gasteiger partial charge in [-0.1, -0.05) is 0 Å². The van der Waals surface area contributed by atoms with Gasteiger partial charge < -0.3 is 10.2 Å². The first-order valence-electron chi connectivity index (χ1n) is 6.88. The molecule has 0 saturated heterocycles. The number of rotatable bonds is 1. The SMILES string of the molecule is Cc1oc(N)nc1C12CC3CC(CC(C3)C1)C2. The Morgan fingerprint density at radius 1 is 1.12 bits per heavy atom. The molecule has 0 aliphatic heterocycles. The van der Waals surface area contributed by atoms with Gasteiger partial charge in [-0.25, -0.2) is 0 Å². The summed E-state index contributed by atoms with van der Waals surface area (Å²) in [5.74, 6) is 3.79. The zero-order valence-corrected chi connectivity index (χ0v) is 10.4. The number of nitrogens with two attached hydrogens (primary N) is 1. The molecule has 0 spiro atoms. The van der Waals surface area contributed by atoms with Crippen LogP contribution in [0.15, 0.2) is 4.42 Å². The molecule has 1 heterocycles. The lowest BCUT2D eigenvalue weighted by molar-refractivity contribution is -0.00758. The summed E-state index contributed by atoms with van der Waals surface area (Å²) in [6.45, 7) is 2.03. The third kappa shape index (κ3) is 1.31. The van der Waals surface area contributed by atoms with Crippen molar-refractivity contribution in [2.45, 2.75) is 50.9 Å². The van der Waals surface area contributed by atoms with Gasteiger partial charge in [0.25, 0.3) is 6.01 Å². The van der Waals surface area contributed by atoms with Crippen LogP contribution in [0.25, 0.3) is 0 Å². The van der Waals surface area contributed by atoms with Crippen LogP contribution in [0, 0.1) is 24.7 Å². The quantitative estimate of drug-likeness (QED) is 0.809. The van der Waals surface area contributed by atoms with Crippen molar-refractivity contribution >= 4 is 6.01 Å². The first kappa shape index (κ1) is 9.98. The van der Waals surface area contributed by atoms with E-state index >= 15 is 0 Å². The lowest BCUT2D eigenvalue weighted by Crippen LogP contribution is -2.49. The average Bonchev–Trinajstić information content (AvgIpc) is 2.56.